The van der Waals surface area contributed by atoms with Gasteiger partial charge in [-0.2, -0.15) is 0 Å². The van der Waals surface area contributed by atoms with Gasteiger partial charge in [0.05, 0.1) is 7.11 Å². The van der Waals surface area contributed by atoms with E-state index in [4.69, 9.17) is 4.74 Å². The van der Waals surface area contributed by atoms with Crippen molar-refractivity contribution in [2.75, 3.05) is 7.11 Å². The molecule has 0 aliphatic heterocycles. The standard InChI is InChI=1S/C16H16O/c1-17-16-5-3-2-4-15(16)14-10-8-13(9-11-14)12-6-7-12/h2-5,8-12H,6-7H2,1H3. The van der Waals surface area contributed by atoms with E-state index >= 15 is 0 Å². The first-order valence-electron chi connectivity index (χ1n) is 6.12. The summed E-state index contributed by atoms with van der Waals surface area (Å²) in [7, 11) is 1.72. The molecule has 1 fully saturated rings. The topological polar surface area (TPSA) is 9.23 Å². The van der Waals surface area contributed by atoms with E-state index in [1.807, 2.05) is 18.2 Å². The molecule has 1 heteroatoms. The summed E-state index contributed by atoms with van der Waals surface area (Å²) in [6, 6.07) is 17.1. The molecule has 0 N–H and O–H groups in total. The summed E-state index contributed by atoms with van der Waals surface area (Å²) in [6.45, 7) is 0. The second-order valence-electron chi connectivity index (χ2n) is 4.60. The molecule has 0 radical (unpaired) electrons. The third kappa shape index (κ3) is 2.05. The molecule has 0 aromatic heterocycles. The molecule has 0 saturated heterocycles. The molecule has 0 bridgehead atoms. The lowest BCUT2D eigenvalue weighted by Gasteiger charge is -2.08. The van der Waals surface area contributed by atoms with Crippen molar-refractivity contribution in [3.8, 4) is 16.9 Å². The van der Waals surface area contributed by atoms with Crippen molar-refractivity contribution >= 4 is 0 Å². The zero-order valence-corrected chi connectivity index (χ0v) is 10.0. The number of hydrogen-bond donors (Lipinski definition) is 0. The SMILES string of the molecule is COc1ccccc1-c1ccc(C2CC2)cc1. The van der Waals surface area contributed by atoms with Crippen LogP contribution in [0.1, 0.15) is 24.3 Å². The Morgan fingerprint density at radius 3 is 2.29 bits per heavy atom. The van der Waals surface area contributed by atoms with Crippen LogP contribution in [0, 0.1) is 0 Å². The highest BCUT2D eigenvalue weighted by molar-refractivity contribution is 5.70. The Bertz CT molecular complexity index is 509. The minimum absolute atomic E-state index is 0.821. The van der Waals surface area contributed by atoms with Crippen LogP contribution in [0.15, 0.2) is 48.5 Å². The Hall–Kier alpha value is -1.76. The fourth-order valence-corrected chi connectivity index (χ4v) is 2.23. The van der Waals surface area contributed by atoms with Gasteiger partial charge in [-0.1, -0.05) is 42.5 Å². The van der Waals surface area contributed by atoms with Crippen LogP contribution in [-0.2, 0) is 0 Å². The fourth-order valence-electron chi connectivity index (χ4n) is 2.23. The van der Waals surface area contributed by atoms with Crippen LogP contribution < -0.4 is 4.74 Å². The summed E-state index contributed by atoms with van der Waals surface area (Å²) in [6.07, 6.45) is 2.71. The van der Waals surface area contributed by atoms with Crippen LogP contribution in [0.2, 0.25) is 0 Å². The van der Waals surface area contributed by atoms with Gasteiger partial charge in [-0.3, -0.25) is 0 Å². The van der Waals surface area contributed by atoms with Crippen molar-refractivity contribution in [1.29, 1.82) is 0 Å². The third-order valence-electron chi connectivity index (χ3n) is 3.38. The maximum atomic E-state index is 5.39. The molecule has 0 heterocycles. The lowest BCUT2D eigenvalue weighted by Crippen LogP contribution is -1.87. The molecule has 3 rings (SSSR count). The molecule has 2 aromatic rings. The van der Waals surface area contributed by atoms with E-state index in [0.717, 1.165) is 17.2 Å². The number of ether oxygens (including phenoxy) is 1. The van der Waals surface area contributed by atoms with Crippen molar-refractivity contribution in [2.45, 2.75) is 18.8 Å². The van der Waals surface area contributed by atoms with E-state index in [2.05, 4.69) is 30.3 Å². The predicted molar refractivity (Wildman–Crippen MR) is 70.4 cm³/mol. The Morgan fingerprint density at radius 1 is 0.941 bits per heavy atom. The zero-order chi connectivity index (χ0) is 11.7. The van der Waals surface area contributed by atoms with Crippen LogP contribution in [-0.4, -0.2) is 7.11 Å². The quantitative estimate of drug-likeness (QED) is 0.757. The largest absolute Gasteiger partial charge is 0.496 e. The van der Waals surface area contributed by atoms with E-state index in [9.17, 15) is 0 Å². The molecule has 0 spiro atoms. The Morgan fingerprint density at radius 2 is 1.65 bits per heavy atom. The van der Waals surface area contributed by atoms with E-state index < -0.39 is 0 Å². The molecule has 0 unspecified atom stereocenters. The van der Waals surface area contributed by atoms with Crippen LogP contribution >= 0.6 is 0 Å². The summed E-state index contributed by atoms with van der Waals surface area (Å²) >= 11 is 0. The Kier molecular flexibility index (Phi) is 2.60. The summed E-state index contributed by atoms with van der Waals surface area (Å²) in [5.74, 6) is 1.76. The van der Waals surface area contributed by atoms with E-state index in [-0.39, 0.29) is 0 Å². The highest BCUT2D eigenvalue weighted by atomic mass is 16.5. The maximum Gasteiger partial charge on any atom is 0.126 e. The maximum absolute atomic E-state index is 5.39. The molecule has 17 heavy (non-hydrogen) atoms. The van der Waals surface area contributed by atoms with E-state index in [0.29, 0.717) is 0 Å². The van der Waals surface area contributed by atoms with Gasteiger partial charge in [-0.15, -0.1) is 0 Å². The van der Waals surface area contributed by atoms with Gasteiger partial charge in [-0.25, -0.2) is 0 Å². The molecule has 1 nitrogen and oxygen atoms in total. The van der Waals surface area contributed by atoms with Crippen LogP contribution in [0.3, 0.4) is 0 Å². The highest BCUT2D eigenvalue weighted by Gasteiger charge is 2.23. The van der Waals surface area contributed by atoms with Gasteiger partial charge in [0.15, 0.2) is 0 Å². The Balaban J connectivity index is 1.96. The van der Waals surface area contributed by atoms with Crippen molar-refractivity contribution in [1.82, 2.24) is 0 Å². The van der Waals surface area contributed by atoms with Crippen molar-refractivity contribution < 1.29 is 4.74 Å². The van der Waals surface area contributed by atoms with Crippen molar-refractivity contribution in [2.24, 2.45) is 0 Å². The van der Waals surface area contributed by atoms with Gasteiger partial charge in [0.25, 0.3) is 0 Å². The number of hydrogen-bond acceptors (Lipinski definition) is 1. The molecule has 86 valence electrons. The third-order valence-corrected chi connectivity index (χ3v) is 3.38. The molecule has 1 saturated carbocycles. The summed E-state index contributed by atoms with van der Waals surface area (Å²) in [4.78, 5) is 0. The monoisotopic (exact) mass is 224 g/mol. The fraction of sp³-hybridized carbons (Fsp3) is 0.250. The van der Waals surface area contributed by atoms with Gasteiger partial charge in [0, 0.05) is 5.56 Å². The smallest absolute Gasteiger partial charge is 0.126 e. The molecule has 0 amide bonds. The van der Waals surface area contributed by atoms with Crippen LogP contribution in [0.5, 0.6) is 5.75 Å². The van der Waals surface area contributed by atoms with Crippen LogP contribution in [0.4, 0.5) is 0 Å². The van der Waals surface area contributed by atoms with Gasteiger partial charge in [0.2, 0.25) is 0 Å². The van der Waals surface area contributed by atoms with Gasteiger partial charge in [0.1, 0.15) is 5.75 Å². The summed E-state index contributed by atoms with van der Waals surface area (Å²) in [5, 5.41) is 0. The second kappa shape index (κ2) is 4.25. The lowest BCUT2D eigenvalue weighted by atomic mass is 10.0. The lowest BCUT2D eigenvalue weighted by molar-refractivity contribution is 0.416. The molecule has 2 aromatic carbocycles. The van der Waals surface area contributed by atoms with Gasteiger partial charge < -0.3 is 4.74 Å². The van der Waals surface area contributed by atoms with Crippen molar-refractivity contribution in [3.63, 3.8) is 0 Å². The van der Waals surface area contributed by atoms with Crippen LogP contribution in [0.25, 0.3) is 11.1 Å². The number of methoxy groups -OCH3 is 1. The Labute approximate surface area is 102 Å². The predicted octanol–water partition coefficient (Wildman–Crippen LogP) is 4.24. The van der Waals surface area contributed by atoms with E-state index in [1.54, 1.807) is 7.11 Å². The molecule has 1 aliphatic carbocycles. The minimum atomic E-state index is 0.821. The average Bonchev–Trinajstić information content (AvgIpc) is 3.23. The first-order valence-corrected chi connectivity index (χ1v) is 6.12. The minimum Gasteiger partial charge on any atom is -0.496 e. The first kappa shape index (κ1) is 10.4. The molecular formula is C16H16O. The molecular weight excluding hydrogens is 208 g/mol. The zero-order valence-electron chi connectivity index (χ0n) is 10.0. The summed E-state index contributed by atoms with van der Waals surface area (Å²) < 4.78 is 5.39. The number of para-hydroxylation sites is 1. The highest BCUT2D eigenvalue weighted by Crippen LogP contribution is 2.40. The first-order chi connectivity index (χ1) is 8.38. The molecule has 0 atom stereocenters. The second-order valence-corrected chi connectivity index (χ2v) is 4.60. The number of benzene rings is 2. The summed E-state index contributed by atoms with van der Waals surface area (Å²) in [5.41, 5.74) is 3.87. The van der Waals surface area contributed by atoms with Gasteiger partial charge >= 0.3 is 0 Å². The number of rotatable bonds is 3. The van der Waals surface area contributed by atoms with Gasteiger partial charge in [-0.05, 0) is 36.0 Å². The normalized spacial score (nSPS) is 14.6. The molecule has 1 aliphatic rings. The average molecular weight is 224 g/mol. The van der Waals surface area contributed by atoms with Crippen molar-refractivity contribution in [3.05, 3.63) is 54.1 Å². The van der Waals surface area contributed by atoms with E-state index in [1.165, 1.54) is 24.0 Å².